The van der Waals surface area contributed by atoms with Gasteiger partial charge in [0.2, 0.25) is 0 Å². The highest BCUT2D eigenvalue weighted by molar-refractivity contribution is 5.84. The molecule has 0 radical (unpaired) electrons. The SMILES string of the molecule is CN(C)c1ccc(/C=C/c2ccc(C(C#N)=C(C#N)C#N)cc2)cc1. The Balaban J connectivity index is 2.21. The van der Waals surface area contributed by atoms with E-state index in [-0.39, 0.29) is 11.1 Å². The van der Waals surface area contributed by atoms with Crippen LogP contribution in [0.2, 0.25) is 0 Å². The van der Waals surface area contributed by atoms with Gasteiger partial charge in [-0.1, -0.05) is 48.6 Å². The molecule has 0 fully saturated rings. The lowest BCUT2D eigenvalue weighted by Gasteiger charge is -2.11. The summed E-state index contributed by atoms with van der Waals surface area (Å²) in [5.74, 6) is 0. The summed E-state index contributed by atoms with van der Waals surface area (Å²) < 4.78 is 0. The van der Waals surface area contributed by atoms with Crippen molar-refractivity contribution >= 4 is 23.4 Å². The second-order valence-corrected chi connectivity index (χ2v) is 5.53. The van der Waals surface area contributed by atoms with E-state index in [1.807, 2.05) is 61.5 Å². The van der Waals surface area contributed by atoms with Crippen molar-refractivity contribution in [3.63, 3.8) is 0 Å². The van der Waals surface area contributed by atoms with Gasteiger partial charge in [0.1, 0.15) is 23.8 Å². The smallest absolute Gasteiger partial charge is 0.148 e. The maximum atomic E-state index is 9.17. The van der Waals surface area contributed by atoms with Crippen molar-refractivity contribution in [2.24, 2.45) is 0 Å². The van der Waals surface area contributed by atoms with E-state index < -0.39 is 0 Å². The van der Waals surface area contributed by atoms with E-state index in [0.717, 1.165) is 16.8 Å². The lowest BCUT2D eigenvalue weighted by Crippen LogP contribution is -2.07. The number of hydrogen-bond donors (Lipinski definition) is 0. The summed E-state index contributed by atoms with van der Waals surface area (Å²) in [6.45, 7) is 0. The highest BCUT2D eigenvalue weighted by Crippen LogP contribution is 2.20. The molecule has 0 aromatic heterocycles. The van der Waals surface area contributed by atoms with E-state index in [9.17, 15) is 0 Å². The van der Waals surface area contributed by atoms with Crippen LogP contribution in [-0.4, -0.2) is 14.1 Å². The Labute approximate surface area is 147 Å². The van der Waals surface area contributed by atoms with Gasteiger partial charge >= 0.3 is 0 Å². The van der Waals surface area contributed by atoms with Crippen molar-refractivity contribution in [2.45, 2.75) is 0 Å². The number of nitriles is 3. The van der Waals surface area contributed by atoms with Crippen LogP contribution in [0.4, 0.5) is 5.69 Å². The topological polar surface area (TPSA) is 74.6 Å². The van der Waals surface area contributed by atoms with E-state index in [1.54, 1.807) is 24.3 Å². The summed E-state index contributed by atoms with van der Waals surface area (Å²) in [6.07, 6.45) is 3.98. The first-order valence-electron chi connectivity index (χ1n) is 7.59. The first-order valence-corrected chi connectivity index (χ1v) is 7.59. The third kappa shape index (κ3) is 4.35. The maximum absolute atomic E-state index is 9.17. The van der Waals surface area contributed by atoms with Gasteiger partial charge in [-0.3, -0.25) is 0 Å². The van der Waals surface area contributed by atoms with Gasteiger partial charge in [0.25, 0.3) is 0 Å². The van der Waals surface area contributed by atoms with Crippen LogP contribution in [0.25, 0.3) is 17.7 Å². The predicted molar refractivity (Wildman–Crippen MR) is 99.9 cm³/mol. The van der Waals surface area contributed by atoms with Crippen LogP contribution in [0.1, 0.15) is 16.7 Å². The van der Waals surface area contributed by atoms with Gasteiger partial charge in [-0.15, -0.1) is 0 Å². The summed E-state index contributed by atoms with van der Waals surface area (Å²) in [4.78, 5) is 2.04. The summed E-state index contributed by atoms with van der Waals surface area (Å²) in [7, 11) is 4.00. The van der Waals surface area contributed by atoms with E-state index in [0.29, 0.717) is 5.56 Å². The van der Waals surface area contributed by atoms with Crippen LogP contribution in [0.15, 0.2) is 54.1 Å². The molecule has 120 valence electrons. The normalized spacial score (nSPS) is 9.72. The van der Waals surface area contributed by atoms with E-state index in [1.165, 1.54) is 0 Å². The predicted octanol–water partition coefficient (Wildman–Crippen LogP) is 4.25. The van der Waals surface area contributed by atoms with Gasteiger partial charge < -0.3 is 4.90 Å². The molecular weight excluding hydrogens is 308 g/mol. The lowest BCUT2D eigenvalue weighted by molar-refractivity contribution is 1.13. The fourth-order valence-corrected chi connectivity index (χ4v) is 2.24. The number of benzene rings is 2. The zero-order valence-electron chi connectivity index (χ0n) is 14.1. The molecule has 0 spiro atoms. The fourth-order valence-electron chi connectivity index (χ4n) is 2.24. The standard InChI is InChI=1S/C21H16N4/c1-25(2)20-11-7-17(8-12-20)4-3-16-5-9-18(10-6-16)21(15-24)19(13-22)14-23/h3-12H,1-2H3/b4-3+. The Morgan fingerprint density at radius 2 is 1.24 bits per heavy atom. The van der Waals surface area contributed by atoms with Crippen LogP contribution in [0.3, 0.4) is 0 Å². The number of allylic oxidation sites excluding steroid dienone is 2. The second kappa shape index (κ2) is 8.16. The van der Waals surface area contributed by atoms with Crippen LogP contribution in [0.5, 0.6) is 0 Å². The first kappa shape index (κ1) is 17.5. The van der Waals surface area contributed by atoms with Crippen LogP contribution in [0, 0.1) is 34.0 Å². The Morgan fingerprint density at radius 3 is 1.64 bits per heavy atom. The minimum atomic E-state index is -0.174. The average Bonchev–Trinajstić information content (AvgIpc) is 2.65. The molecule has 2 aromatic rings. The quantitative estimate of drug-likeness (QED) is 0.622. The molecule has 2 aromatic carbocycles. The van der Waals surface area contributed by atoms with Crippen LogP contribution >= 0.6 is 0 Å². The number of nitrogens with zero attached hydrogens (tertiary/aromatic N) is 4. The zero-order chi connectivity index (χ0) is 18.2. The number of rotatable bonds is 4. The molecular formula is C21H16N4. The molecule has 0 unspecified atom stereocenters. The van der Waals surface area contributed by atoms with Gasteiger partial charge in [-0.2, -0.15) is 15.8 Å². The largest absolute Gasteiger partial charge is 0.378 e. The first-order chi connectivity index (χ1) is 12.1. The summed E-state index contributed by atoms with van der Waals surface area (Å²) >= 11 is 0. The Kier molecular flexibility index (Phi) is 5.72. The average molecular weight is 324 g/mol. The molecule has 0 aliphatic carbocycles. The fraction of sp³-hybridized carbons (Fsp3) is 0.0952. The third-order valence-corrected chi connectivity index (χ3v) is 3.66. The van der Waals surface area contributed by atoms with Gasteiger partial charge in [-0.25, -0.2) is 0 Å². The lowest BCUT2D eigenvalue weighted by atomic mass is 10.0. The van der Waals surface area contributed by atoms with E-state index in [4.69, 9.17) is 15.8 Å². The molecule has 2 rings (SSSR count). The summed E-state index contributed by atoms with van der Waals surface area (Å²) in [6, 6.07) is 20.8. The number of anilines is 1. The van der Waals surface area contributed by atoms with E-state index in [2.05, 4.69) is 12.1 Å². The summed E-state index contributed by atoms with van der Waals surface area (Å²) in [5, 5.41) is 27.0. The van der Waals surface area contributed by atoms with Gasteiger partial charge in [-0.05, 0) is 28.8 Å². The summed E-state index contributed by atoms with van der Waals surface area (Å²) in [5.41, 5.74) is 3.68. The molecule has 0 aliphatic rings. The molecule has 0 amide bonds. The molecule has 4 heteroatoms. The van der Waals surface area contributed by atoms with Crippen molar-refractivity contribution < 1.29 is 0 Å². The van der Waals surface area contributed by atoms with Crippen LogP contribution < -0.4 is 4.90 Å². The van der Waals surface area contributed by atoms with Gasteiger partial charge in [0.15, 0.2) is 0 Å². The van der Waals surface area contributed by atoms with Crippen molar-refractivity contribution in [3.8, 4) is 18.2 Å². The highest BCUT2D eigenvalue weighted by Gasteiger charge is 2.08. The Hall–Kier alpha value is -3.81. The minimum Gasteiger partial charge on any atom is -0.378 e. The number of hydrogen-bond acceptors (Lipinski definition) is 4. The zero-order valence-corrected chi connectivity index (χ0v) is 14.1. The molecule has 0 saturated heterocycles. The van der Waals surface area contributed by atoms with Gasteiger partial charge in [0, 0.05) is 19.8 Å². The van der Waals surface area contributed by atoms with Crippen molar-refractivity contribution in [1.82, 2.24) is 0 Å². The molecule has 4 nitrogen and oxygen atoms in total. The monoisotopic (exact) mass is 324 g/mol. The maximum Gasteiger partial charge on any atom is 0.148 e. The van der Waals surface area contributed by atoms with Crippen molar-refractivity contribution in [3.05, 3.63) is 70.8 Å². The molecule has 0 heterocycles. The highest BCUT2D eigenvalue weighted by atomic mass is 15.1. The molecule has 0 N–H and O–H groups in total. The minimum absolute atomic E-state index is 0.0970. The Bertz CT molecular complexity index is 910. The molecule has 0 aliphatic heterocycles. The van der Waals surface area contributed by atoms with Crippen molar-refractivity contribution in [2.75, 3.05) is 19.0 Å². The van der Waals surface area contributed by atoms with Crippen LogP contribution in [-0.2, 0) is 0 Å². The molecule has 0 bridgehead atoms. The Morgan fingerprint density at radius 1 is 0.760 bits per heavy atom. The van der Waals surface area contributed by atoms with E-state index >= 15 is 0 Å². The van der Waals surface area contributed by atoms with Crippen molar-refractivity contribution in [1.29, 1.82) is 15.8 Å². The molecule has 0 atom stereocenters. The van der Waals surface area contributed by atoms with Gasteiger partial charge in [0.05, 0.1) is 5.57 Å². The third-order valence-electron chi connectivity index (χ3n) is 3.66. The molecule has 25 heavy (non-hydrogen) atoms. The second-order valence-electron chi connectivity index (χ2n) is 5.53. The molecule has 0 saturated carbocycles.